The lowest BCUT2D eigenvalue weighted by Gasteiger charge is -2.28. The van der Waals surface area contributed by atoms with E-state index in [1.165, 1.54) is 111 Å². The van der Waals surface area contributed by atoms with E-state index in [-0.39, 0.29) is 22.6 Å². The first kappa shape index (κ1) is 39.3. The van der Waals surface area contributed by atoms with Gasteiger partial charge in [-0.2, -0.15) is 17.6 Å². The van der Waals surface area contributed by atoms with E-state index in [1.54, 1.807) is 12.1 Å². The Morgan fingerprint density at radius 1 is 0.660 bits per heavy atom. The zero-order valence-corrected chi connectivity index (χ0v) is 30.0. The molecule has 2 saturated carbocycles. The van der Waals surface area contributed by atoms with Gasteiger partial charge in [0.25, 0.3) is 0 Å². The lowest BCUT2D eigenvalue weighted by molar-refractivity contribution is -0.0505. The van der Waals surface area contributed by atoms with Crippen LogP contribution in [0, 0.1) is 11.8 Å². The van der Waals surface area contributed by atoms with Gasteiger partial charge in [-0.05, 0) is 139 Å². The number of halogens is 4. The Labute approximate surface area is 308 Å². The van der Waals surface area contributed by atoms with E-state index in [9.17, 15) is 32.3 Å². The van der Waals surface area contributed by atoms with Crippen molar-refractivity contribution in [2.24, 2.45) is 11.8 Å². The van der Waals surface area contributed by atoms with Gasteiger partial charge < -0.3 is 19.3 Å². The fourth-order valence-corrected chi connectivity index (χ4v) is 7.30. The molecular formula is C43H46F4O6. The van der Waals surface area contributed by atoms with Crippen molar-refractivity contribution in [2.75, 3.05) is 0 Å². The van der Waals surface area contributed by atoms with Gasteiger partial charge in [0.05, 0.1) is 11.1 Å². The first-order valence-corrected chi connectivity index (χ1v) is 18.3. The van der Waals surface area contributed by atoms with Gasteiger partial charge in [0.2, 0.25) is 0 Å². The van der Waals surface area contributed by atoms with Gasteiger partial charge in [-0.1, -0.05) is 69.5 Å². The van der Waals surface area contributed by atoms with Crippen LogP contribution in [0.5, 0.6) is 17.2 Å². The van der Waals surface area contributed by atoms with Crippen LogP contribution in [0.25, 0.3) is 11.1 Å². The number of aromatic carboxylic acids is 1. The maximum Gasteiger partial charge on any atom is 0.387 e. The van der Waals surface area contributed by atoms with E-state index in [0.29, 0.717) is 28.7 Å². The number of rotatable bonds is 11. The highest BCUT2D eigenvalue weighted by Crippen LogP contribution is 2.39. The molecule has 6 rings (SSSR count). The number of ether oxygens (including phenoxy) is 3. The van der Waals surface area contributed by atoms with Crippen LogP contribution in [0.3, 0.4) is 0 Å². The van der Waals surface area contributed by atoms with Crippen LogP contribution in [0.2, 0.25) is 0 Å². The number of carboxylic acids is 1. The Morgan fingerprint density at radius 2 is 1.15 bits per heavy atom. The lowest BCUT2D eigenvalue weighted by atomic mass is 9.77. The fraction of sp³-hybridized carbons (Fsp3) is 0.395. The van der Waals surface area contributed by atoms with E-state index in [1.807, 2.05) is 36.4 Å². The molecule has 282 valence electrons. The summed E-state index contributed by atoms with van der Waals surface area (Å²) in [6, 6.07) is 24.8. The minimum atomic E-state index is -2.95. The van der Waals surface area contributed by atoms with E-state index in [0.717, 1.165) is 11.8 Å². The van der Waals surface area contributed by atoms with Crippen LogP contribution in [-0.2, 0) is 0 Å². The topological polar surface area (TPSA) is 82.1 Å². The largest absolute Gasteiger partial charge is 0.478 e. The Balaban J connectivity index is 0.000000204. The second kappa shape index (κ2) is 18.8. The predicted molar refractivity (Wildman–Crippen MR) is 195 cm³/mol. The summed E-state index contributed by atoms with van der Waals surface area (Å²) in [5, 5.41) is 9.42. The Kier molecular flexibility index (Phi) is 13.9. The number of esters is 1. The number of alkyl halides is 4. The van der Waals surface area contributed by atoms with Crippen molar-refractivity contribution in [3.05, 3.63) is 113 Å². The molecule has 53 heavy (non-hydrogen) atoms. The molecule has 0 atom stereocenters. The molecule has 2 aliphatic rings. The third-order valence-electron chi connectivity index (χ3n) is 10.5. The van der Waals surface area contributed by atoms with Crippen LogP contribution in [0.15, 0.2) is 91.0 Å². The van der Waals surface area contributed by atoms with Crippen molar-refractivity contribution in [3.8, 4) is 28.4 Å². The summed E-state index contributed by atoms with van der Waals surface area (Å²) in [6.07, 6.45) is 11.0. The molecule has 10 heteroatoms. The lowest BCUT2D eigenvalue weighted by Crippen LogP contribution is -2.12. The van der Waals surface area contributed by atoms with Crippen molar-refractivity contribution in [3.63, 3.8) is 0 Å². The molecule has 0 radical (unpaired) electrons. The molecule has 0 spiro atoms. The molecule has 0 aromatic heterocycles. The first-order chi connectivity index (χ1) is 25.5. The van der Waals surface area contributed by atoms with E-state index < -0.39 is 25.2 Å². The molecule has 2 fully saturated rings. The van der Waals surface area contributed by atoms with Crippen molar-refractivity contribution in [1.29, 1.82) is 0 Å². The van der Waals surface area contributed by atoms with Crippen LogP contribution < -0.4 is 14.2 Å². The number of benzene rings is 4. The number of carbonyl (C=O) groups excluding carboxylic acids is 1. The number of hydrogen-bond donors (Lipinski definition) is 1. The van der Waals surface area contributed by atoms with Gasteiger partial charge in [-0.15, -0.1) is 0 Å². The molecule has 2 aliphatic carbocycles. The third kappa shape index (κ3) is 11.3. The molecule has 0 amide bonds. The van der Waals surface area contributed by atoms with E-state index in [2.05, 4.69) is 23.3 Å². The summed E-state index contributed by atoms with van der Waals surface area (Å²) in [5.41, 5.74) is 3.93. The maximum atomic E-state index is 12.5. The van der Waals surface area contributed by atoms with Crippen molar-refractivity contribution in [2.45, 2.75) is 96.7 Å². The summed E-state index contributed by atoms with van der Waals surface area (Å²) in [5.74, 6) is 1.54. The SMILES string of the molecule is CC1CCC(c2ccc(OC(=O)c3ccc(OC(F)F)cc3)cc2)CC1.CCC1CCC(c2ccc(-c3cc(OC(F)F)ccc3C(=O)O)cc2)CC1. The third-order valence-corrected chi connectivity index (χ3v) is 10.5. The monoisotopic (exact) mass is 734 g/mol. The van der Waals surface area contributed by atoms with Crippen LogP contribution >= 0.6 is 0 Å². The molecule has 6 nitrogen and oxygen atoms in total. The quantitative estimate of drug-likeness (QED) is 0.0938. The molecule has 4 aromatic carbocycles. The van der Waals surface area contributed by atoms with E-state index in [4.69, 9.17) is 4.74 Å². The number of carboxylic acid groups (broad SMARTS) is 1. The second-order valence-corrected chi connectivity index (χ2v) is 14.0. The standard InChI is InChI=1S/C22H24F2O3.C21H22F2O3/c1-2-14-3-5-15(6-4-14)16-7-9-17(10-8-16)20-13-18(27-22(23)24)11-12-19(20)21(25)26;1-14-2-4-15(5-3-14)16-6-10-18(11-7-16)25-20(24)17-8-12-19(13-9-17)26-21(22)23/h7-15,22H,2-6H2,1H3,(H,25,26);6-15,21H,2-5H2,1H3. The van der Waals surface area contributed by atoms with Crippen molar-refractivity contribution in [1.82, 2.24) is 0 Å². The smallest absolute Gasteiger partial charge is 0.387 e. The van der Waals surface area contributed by atoms with Crippen molar-refractivity contribution >= 4 is 11.9 Å². The molecule has 0 aliphatic heterocycles. The van der Waals surface area contributed by atoms with Crippen LogP contribution in [-0.4, -0.2) is 30.3 Å². The first-order valence-electron chi connectivity index (χ1n) is 18.3. The Morgan fingerprint density at radius 3 is 1.68 bits per heavy atom. The van der Waals surface area contributed by atoms with Crippen molar-refractivity contribution < 1.29 is 46.5 Å². The minimum absolute atomic E-state index is 0.00250. The number of hydrogen-bond acceptors (Lipinski definition) is 5. The minimum Gasteiger partial charge on any atom is -0.478 e. The summed E-state index contributed by atoms with van der Waals surface area (Å²) in [7, 11) is 0. The van der Waals surface area contributed by atoms with Gasteiger partial charge >= 0.3 is 25.2 Å². The zero-order valence-electron chi connectivity index (χ0n) is 30.0. The molecule has 4 aromatic rings. The maximum absolute atomic E-state index is 12.5. The normalized spacial score (nSPS) is 19.9. The molecule has 0 heterocycles. The fourth-order valence-electron chi connectivity index (χ4n) is 7.30. The van der Waals surface area contributed by atoms with Gasteiger partial charge in [0, 0.05) is 0 Å². The highest BCUT2D eigenvalue weighted by atomic mass is 19.3. The highest BCUT2D eigenvalue weighted by Gasteiger charge is 2.22. The van der Waals surface area contributed by atoms with E-state index >= 15 is 0 Å². The summed E-state index contributed by atoms with van der Waals surface area (Å²) in [4.78, 5) is 23.7. The summed E-state index contributed by atoms with van der Waals surface area (Å²) < 4.78 is 63.3. The molecule has 0 bridgehead atoms. The predicted octanol–water partition coefficient (Wildman–Crippen LogP) is 12.1. The average Bonchev–Trinajstić information content (AvgIpc) is 3.15. The second-order valence-electron chi connectivity index (χ2n) is 14.0. The Bertz CT molecular complexity index is 1760. The molecular weight excluding hydrogens is 688 g/mol. The molecule has 0 unspecified atom stereocenters. The number of carbonyl (C=O) groups is 2. The molecule has 0 saturated heterocycles. The Hall–Kier alpha value is -4.86. The van der Waals surface area contributed by atoms with Crippen LogP contribution in [0.1, 0.15) is 115 Å². The van der Waals surface area contributed by atoms with Crippen LogP contribution in [0.4, 0.5) is 17.6 Å². The summed E-state index contributed by atoms with van der Waals surface area (Å²) in [6.45, 7) is -1.30. The highest BCUT2D eigenvalue weighted by molar-refractivity contribution is 5.96. The zero-order chi connectivity index (χ0) is 37.9. The van der Waals surface area contributed by atoms with Gasteiger partial charge in [0.1, 0.15) is 17.2 Å². The van der Waals surface area contributed by atoms with Gasteiger partial charge in [0.15, 0.2) is 0 Å². The average molecular weight is 735 g/mol. The molecule has 1 N–H and O–H groups in total. The van der Waals surface area contributed by atoms with Gasteiger partial charge in [-0.3, -0.25) is 0 Å². The summed E-state index contributed by atoms with van der Waals surface area (Å²) >= 11 is 0. The van der Waals surface area contributed by atoms with Gasteiger partial charge in [-0.25, -0.2) is 9.59 Å².